The fraction of sp³-hybridized carbons (Fsp3) is 0.609. The van der Waals surface area contributed by atoms with Crippen molar-refractivity contribution in [2.75, 3.05) is 25.4 Å². The molecule has 36 heavy (non-hydrogen) atoms. The summed E-state index contributed by atoms with van der Waals surface area (Å²) in [5.74, 6) is -0.598. The molecule has 2 aromatic heterocycles. The van der Waals surface area contributed by atoms with Crippen LogP contribution in [0.1, 0.15) is 43.4 Å². The van der Waals surface area contributed by atoms with Gasteiger partial charge in [0, 0.05) is 49.0 Å². The van der Waals surface area contributed by atoms with Gasteiger partial charge in [-0.3, -0.25) is 4.68 Å². The van der Waals surface area contributed by atoms with Crippen LogP contribution in [-0.2, 0) is 18.1 Å². The van der Waals surface area contributed by atoms with Crippen LogP contribution in [0.4, 0.5) is 37.0 Å². The van der Waals surface area contributed by atoms with Gasteiger partial charge in [-0.25, -0.2) is 9.78 Å². The molecule has 3 N–H and O–H groups in total. The zero-order valence-corrected chi connectivity index (χ0v) is 19.1. The van der Waals surface area contributed by atoms with Crippen molar-refractivity contribution in [2.45, 2.75) is 56.4 Å². The van der Waals surface area contributed by atoms with Crippen molar-refractivity contribution in [1.29, 1.82) is 0 Å². The lowest BCUT2D eigenvalue weighted by atomic mass is 9.35. The van der Waals surface area contributed by atoms with Crippen molar-refractivity contribution in [3.8, 4) is 11.3 Å². The summed E-state index contributed by atoms with van der Waals surface area (Å²) >= 11 is 0. The molecule has 4 fully saturated rings. The molecule has 4 heterocycles. The van der Waals surface area contributed by atoms with E-state index in [-0.39, 0.29) is 42.8 Å². The smallest absolute Gasteiger partial charge is 0.383 e. The number of nitrogens with zero attached hydrogens (tertiary/aromatic N) is 4. The highest BCUT2D eigenvalue weighted by molar-refractivity contribution is 5.75. The molecule has 2 bridgehead atoms. The van der Waals surface area contributed by atoms with Gasteiger partial charge in [0.05, 0.1) is 16.7 Å². The predicted octanol–water partition coefficient (Wildman–Crippen LogP) is 4.34. The number of nitrogens with two attached hydrogens (primary N) is 1. The summed E-state index contributed by atoms with van der Waals surface area (Å²) in [7, 11) is 0. The van der Waals surface area contributed by atoms with Crippen molar-refractivity contribution in [3.63, 3.8) is 0 Å². The molecule has 194 valence electrons. The molecule has 5 aliphatic rings. The van der Waals surface area contributed by atoms with E-state index in [1.54, 1.807) is 15.6 Å². The van der Waals surface area contributed by atoms with Crippen LogP contribution in [-0.4, -0.2) is 51.5 Å². The first-order chi connectivity index (χ1) is 16.7. The third-order valence-electron chi connectivity index (χ3n) is 8.64. The Kier molecular flexibility index (Phi) is 4.59. The van der Waals surface area contributed by atoms with Crippen molar-refractivity contribution in [2.24, 2.45) is 10.8 Å². The molecule has 7 rings (SSSR count). The van der Waals surface area contributed by atoms with Gasteiger partial charge in [-0.1, -0.05) is 0 Å². The highest BCUT2D eigenvalue weighted by atomic mass is 19.4. The zero-order chi connectivity index (χ0) is 25.7. The van der Waals surface area contributed by atoms with E-state index in [1.165, 1.54) is 6.20 Å². The Morgan fingerprint density at radius 2 is 1.78 bits per heavy atom. The van der Waals surface area contributed by atoms with Gasteiger partial charge in [0.2, 0.25) is 0 Å². The predicted molar refractivity (Wildman–Crippen MR) is 116 cm³/mol. The third kappa shape index (κ3) is 3.30. The summed E-state index contributed by atoms with van der Waals surface area (Å²) in [4.78, 5) is 18.2. The van der Waals surface area contributed by atoms with Crippen LogP contribution in [0.25, 0.3) is 11.3 Å². The molecule has 0 unspecified atom stereocenters. The second kappa shape index (κ2) is 7.06. The largest absolute Gasteiger partial charge is 0.419 e. The maximum absolute atomic E-state index is 13.3. The Labute approximate surface area is 202 Å². The van der Waals surface area contributed by atoms with Gasteiger partial charge in [0.25, 0.3) is 0 Å². The number of halogens is 6. The summed E-state index contributed by atoms with van der Waals surface area (Å²) in [6.07, 6.45) is -5.92. The van der Waals surface area contributed by atoms with Gasteiger partial charge >= 0.3 is 18.4 Å². The fourth-order valence-corrected chi connectivity index (χ4v) is 6.77. The Hall–Kier alpha value is -2.99. The van der Waals surface area contributed by atoms with Gasteiger partial charge < -0.3 is 16.0 Å². The molecule has 3 aliphatic carbocycles. The van der Waals surface area contributed by atoms with E-state index >= 15 is 0 Å². The van der Waals surface area contributed by atoms with Gasteiger partial charge in [-0.2, -0.15) is 31.4 Å². The maximum atomic E-state index is 13.3. The minimum absolute atomic E-state index is 0.0751. The van der Waals surface area contributed by atoms with E-state index < -0.39 is 34.6 Å². The first-order valence-corrected chi connectivity index (χ1v) is 11.8. The van der Waals surface area contributed by atoms with Gasteiger partial charge in [0.1, 0.15) is 5.82 Å². The Balaban J connectivity index is 1.13. The lowest BCUT2D eigenvalue weighted by molar-refractivity contribution is -0.360. The quantitative estimate of drug-likeness (QED) is 0.597. The van der Waals surface area contributed by atoms with Crippen LogP contribution in [0.15, 0.2) is 18.3 Å². The van der Waals surface area contributed by atoms with E-state index in [2.05, 4.69) is 15.4 Å². The van der Waals surface area contributed by atoms with Crippen LogP contribution >= 0.6 is 0 Å². The number of carbonyl (C=O) groups excluding carboxylic acids is 1. The number of pyridine rings is 1. The Morgan fingerprint density at radius 1 is 1.08 bits per heavy atom. The van der Waals surface area contributed by atoms with E-state index in [0.29, 0.717) is 31.7 Å². The average molecular weight is 514 g/mol. The number of anilines is 1. The van der Waals surface area contributed by atoms with Crippen LogP contribution in [0, 0.1) is 10.8 Å². The molecule has 2 aromatic rings. The van der Waals surface area contributed by atoms with Crippen molar-refractivity contribution >= 4 is 11.8 Å². The lowest BCUT2D eigenvalue weighted by Crippen LogP contribution is -2.71. The molecule has 7 nitrogen and oxygen atoms in total. The molecular formula is C23H24F6N6O. The Morgan fingerprint density at radius 3 is 2.44 bits per heavy atom. The second-order valence-electron chi connectivity index (χ2n) is 11.0. The summed E-state index contributed by atoms with van der Waals surface area (Å²) in [5.41, 5.74) is 3.45. The molecule has 3 saturated carbocycles. The number of fused-ring (bicyclic) bond motifs is 2. The van der Waals surface area contributed by atoms with Gasteiger partial charge in [-0.05, 0) is 49.7 Å². The van der Waals surface area contributed by atoms with E-state index in [0.717, 1.165) is 18.2 Å². The minimum Gasteiger partial charge on any atom is -0.383 e. The number of alkyl halides is 6. The topological polar surface area (TPSA) is 89.1 Å². The Bertz CT molecular complexity index is 1230. The number of rotatable bonds is 3. The molecule has 13 heteroatoms. The maximum Gasteiger partial charge on any atom is 0.419 e. The first kappa shape index (κ1) is 23.4. The zero-order valence-electron chi connectivity index (χ0n) is 19.1. The van der Waals surface area contributed by atoms with Gasteiger partial charge in [0.15, 0.2) is 0 Å². The monoisotopic (exact) mass is 514 g/mol. The standard InChI is InChI=1S/C23H24F6N6O/c24-22(25,26)14-5-13(7-31-17(14)30)15-6-16-20(2-4-35(16)33-15)1-3-34(12-20)18(36)32-11-19-8-21(9-19,10-19)23(27,28)29/h5-7H,1-4,8-12H2,(H2,30,31)(H,32,36)/t19?,20-,21?/m1/s1. The number of hydrogen-bond donors (Lipinski definition) is 2. The van der Waals surface area contributed by atoms with Crippen LogP contribution < -0.4 is 11.1 Å². The third-order valence-corrected chi connectivity index (χ3v) is 8.64. The van der Waals surface area contributed by atoms with E-state index in [9.17, 15) is 31.1 Å². The number of carbonyl (C=O) groups is 1. The number of amides is 2. The number of urea groups is 1. The molecule has 1 atom stereocenters. The SMILES string of the molecule is Nc1ncc(-c2cc3n(n2)CC[C@@]32CCN(C(=O)NCC34CC(C(F)(F)F)(C3)C4)C2)cc1C(F)(F)F. The van der Waals surface area contributed by atoms with E-state index in [1.807, 2.05) is 0 Å². The van der Waals surface area contributed by atoms with Crippen molar-refractivity contribution in [1.82, 2.24) is 25.0 Å². The van der Waals surface area contributed by atoms with Crippen molar-refractivity contribution < 1.29 is 31.1 Å². The molecule has 2 amide bonds. The molecule has 1 spiro atoms. The van der Waals surface area contributed by atoms with Crippen LogP contribution in [0.2, 0.25) is 0 Å². The summed E-state index contributed by atoms with van der Waals surface area (Å²) in [6, 6.07) is 2.39. The summed E-state index contributed by atoms with van der Waals surface area (Å²) < 4.78 is 80.7. The number of aryl methyl sites for hydroxylation is 1. The number of hydrogen-bond acceptors (Lipinski definition) is 4. The summed E-state index contributed by atoms with van der Waals surface area (Å²) in [5, 5.41) is 7.31. The lowest BCUT2D eigenvalue weighted by Gasteiger charge is -2.70. The van der Waals surface area contributed by atoms with Crippen LogP contribution in [0.3, 0.4) is 0 Å². The second-order valence-corrected chi connectivity index (χ2v) is 11.0. The molecule has 2 aliphatic heterocycles. The van der Waals surface area contributed by atoms with E-state index in [4.69, 9.17) is 5.73 Å². The fourth-order valence-electron chi connectivity index (χ4n) is 6.77. The molecule has 1 saturated heterocycles. The molecule has 0 radical (unpaired) electrons. The van der Waals surface area contributed by atoms with Crippen molar-refractivity contribution in [3.05, 3.63) is 29.6 Å². The number of nitrogens with one attached hydrogen (secondary N) is 1. The highest BCUT2D eigenvalue weighted by Gasteiger charge is 2.78. The normalized spacial score (nSPS) is 30.8. The minimum atomic E-state index is -4.64. The summed E-state index contributed by atoms with van der Waals surface area (Å²) in [6.45, 7) is 1.70. The van der Waals surface area contributed by atoms with Gasteiger partial charge in [-0.15, -0.1) is 0 Å². The number of aromatic nitrogens is 3. The highest BCUT2D eigenvalue weighted by Crippen LogP contribution is 2.78. The van der Waals surface area contributed by atoms with Crippen LogP contribution in [0.5, 0.6) is 0 Å². The number of likely N-dealkylation sites (tertiary alicyclic amines) is 1. The molecule has 0 aromatic carbocycles. The first-order valence-electron chi connectivity index (χ1n) is 11.8. The number of nitrogen functional groups attached to an aromatic ring is 1. The molecular weight excluding hydrogens is 490 g/mol. The average Bonchev–Trinajstić information content (AvgIpc) is 3.41.